The van der Waals surface area contributed by atoms with Gasteiger partial charge in [-0.1, -0.05) is 6.07 Å². The molecule has 0 unspecified atom stereocenters. The van der Waals surface area contributed by atoms with Crippen LogP contribution in [0.4, 0.5) is 5.69 Å². The van der Waals surface area contributed by atoms with Crippen LogP contribution >= 0.6 is 11.3 Å². The first kappa shape index (κ1) is 10.9. The molecule has 3 nitrogen and oxygen atoms in total. The minimum atomic E-state index is -0.113. The molecular weight excluding hydrogens is 244 g/mol. The summed E-state index contributed by atoms with van der Waals surface area (Å²) >= 11 is 1.63. The maximum Gasteiger partial charge on any atom is 0.255 e. The van der Waals surface area contributed by atoms with Crippen molar-refractivity contribution in [3.8, 4) is 0 Å². The lowest BCUT2D eigenvalue weighted by atomic mass is 10.1. The molecule has 0 fully saturated rings. The number of carbonyl (C=O) groups is 1. The average Bonchev–Trinajstić information content (AvgIpc) is 2.87. The number of rotatable bonds is 2. The molecule has 1 amide bonds. The van der Waals surface area contributed by atoms with E-state index >= 15 is 0 Å². The molecular formula is C14H10N2OS. The van der Waals surface area contributed by atoms with E-state index < -0.39 is 0 Å². The summed E-state index contributed by atoms with van der Waals surface area (Å²) in [6.45, 7) is 0. The lowest BCUT2D eigenvalue weighted by Gasteiger charge is -2.04. The molecule has 1 N–H and O–H groups in total. The second kappa shape index (κ2) is 4.58. The molecule has 0 spiro atoms. The van der Waals surface area contributed by atoms with Gasteiger partial charge >= 0.3 is 0 Å². The largest absolute Gasteiger partial charge is 0.321 e. The lowest BCUT2D eigenvalue weighted by molar-refractivity contribution is 0.102. The number of amides is 1. The van der Waals surface area contributed by atoms with Gasteiger partial charge in [-0.25, -0.2) is 0 Å². The summed E-state index contributed by atoms with van der Waals surface area (Å²) < 4.78 is 1.12. The Bertz CT molecular complexity index is 691. The topological polar surface area (TPSA) is 42.0 Å². The van der Waals surface area contributed by atoms with Crippen LogP contribution in [0.1, 0.15) is 10.4 Å². The van der Waals surface area contributed by atoms with Crippen LogP contribution in [-0.2, 0) is 0 Å². The zero-order valence-corrected chi connectivity index (χ0v) is 10.3. The van der Waals surface area contributed by atoms with Crippen molar-refractivity contribution in [2.45, 2.75) is 0 Å². The van der Waals surface area contributed by atoms with Crippen LogP contribution in [0.5, 0.6) is 0 Å². The number of fused-ring (bicyclic) bond motifs is 1. The molecule has 3 rings (SSSR count). The maximum atomic E-state index is 12.0. The van der Waals surface area contributed by atoms with Gasteiger partial charge in [0.05, 0.1) is 11.9 Å². The molecule has 0 saturated carbocycles. The third-order valence-corrected chi connectivity index (χ3v) is 3.52. The highest BCUT2D eigenvalue weighted by molar-refractivity contribution is 7.17. The standard InChI is InChI=1S/C14H10N2OS/c17-14(16-12-2-1-6-15-9-12)11-4-3-10-5-7-18-13(10)8-11/h1-9H,(H,16,17). The number of hydrogen-bond donors (Lipinski definition) is 1. The SMILES string of the molecule is O=C(Nc1cccnc1)c1ccc2ccsc2c1. The van der Waals surface area contributed by atoms with Crippen molar-refractivity contribution in [1.29, 1.82) is 0 Å². The number of thiophene rings is 1. The van der Waals surface area contributed by atoms with Gasteiger partial charge in [-0.05, 0) is 41.1 Å². The zero-order valence-electron chi connectivity index (χ0n) is 9.46. The first-order chi connectivity index (χ1) is 8.83. The van der Waals surface area contributed by atoms with E-state index in [2.05, 4.69) is 10.3 Å². The van der Waals surface area contributed by atoms with Crippen molar-refractivity contribution < 1.29 is 4.79 Å². The monoisotopic (exact) mass is 254 g/mol. The van der Waals surface area contributed by atoms with Crippen molar-refractivity contribution in [3.05, 3.63) is 59.7 Å². The molecule has 4 heteroatoms. The molecule has 0 saturated heterocycles. The molecule has 3 aromatic rings. The van der Waals surface area contributed by atoms with E-state index in [1.807, 2.05) is 35.7 Å². The second-order valence-corrected chi connectivity index (χ2v) is 4.82. The van der Waals surface area contributed by atoms with E-state index in [0.717, 1.165) is 10.1 Å². The summed E-state index contributed by atoms with van der Waals surface area (Å²) in [5.74, 6) is -0.113. The van der Waals surface area contributed by atoms with E-state index in [-0.39, 0.29) is 5.91 Å². The molecule has 0 atom stereocenters. The van der Waals surface area contributed by atoms with Gasteiger partial charge in [-0.2, -0.15) is 0 Å². The fourth-order valence-electron chi connectivity index (χ4n) is 1.74. The molecule has 2 aromatic heterocycles. The highest BCUT2D eigenvalue weighted by Gasteiger charge is 2.07. The van der Waals surface area contributed by atoms with Crippen molar-refractivity contribution >= 4 is 33.0 Å². The van der Waals surface area contributed by atoms with Crippen LogP contribution in [-0.4, -0.2) is 10.9 Å². The van der Waals surface area contributed by atoms with Crippen LogP contribution in [0, 0.1) is 0 Å². The Labute approximate surface area is 108 Å². The first-order valence-corrected chi connectivity index (χ1v) is 6.39. The Hall–Kier alpha value is -2.20. The summed E-state index contributed by atoms with van der Waals surface area (Å²) in [5.41, 5.74) is 1.36. The normalized spacial score (nSPS) is 10.4. The zero-order chi connectivity index (χ0) is 12.4. The predicted molar refractivity (Wildman–Crippen MR) is 74.0 cm³/mol. The fraction of sp³-hybridized carbons (Fsp3) is 0. The molecule has 0 aliphatic carbocycles. The van der Waals surface area contributed by atoms with Crippen molar-refractivity contribution in [3.63, 3.8) is 0 Å². The van der Waals surface area contributed by atoms with Crippen molar-refractivity contribution in [1.82, 2.24) is 4.98 Å². The van der Waals surface area contributed by atoms with Gasteiger partial charge in [0.15, 0.2) is 0 Å². The molecule has 0 aliphatic heterocycles. The van der Waals surface area contributed by atoms with Gasteiger partial charge in [-0.15, -0.1) is 11.3 Å². The summed E-state index contributed by atoms with van der Waals surface area (Å²) in [6, 6.07) is 11.4. The smallest absolute Gasteiger partial charge is 0.255 e. The number of nitrogens with zero attached hydrogens (tertiary/aromatic N) is 1. The highest BCUT2D eigenvalue weighted by Crippen LogP contribution is 2.22. The number of nitrogens with one attached hydrogen (secondary N) is 1. The van der Waals surface area contributed by atoms with Crippen molar-refractivity contribution in [2.75, 3.05) is 5.32 Å². The third-order valence-electron chi connectivity index (χ3n) is 2.64. The van der Waals surface area contributed by atoms with Gasteiger partial charge in [0, 0.05) is 16.5 Å². The summed E-state index contributed by atoms with van der Waals surface area (Å²) in [5, 5.41) is 6.00. The average molecular weight is 254 g/mol. The van der Waals surface area contributed by atoms with E-state index in [1.165, 1.54) is 0 Å². The molecule has 0 radical (unpaired) electrons. The minimum absolute atomic E-state index is 0.113. The van der Waals surface area contributed by atoms with E-state index in [0.29, 0.717) is 11.3 Å². The van der Waals surface area contributed by atoms with Crippen LogP contribution in [0.2, 0.25) is 0 Å². The van der Waals surface area contributed by atoms with Gasteiger partial charge in [-0.3, -0.25) is 9.78 Å². The van der Waals surface area contributed by atoms with E-state index in [4.69, 9.17) is 0 Å². The number of hydrogen-bond acceptors (Lipinski definition) is 3. The second-order valence-electron chi connectivity index (χ2n) is 3.87. The Morgan fingerprint density at radius 1 is 1.22 bits per heavy atom. The Morgan fingerprint density at radius 2 is 2.17 bits per heavy atom. The fourth-order valence-corrected chi connectivity index (χ4v) is 2.56. The van der Waals surface area contributed by atoms with Crippen LogP contribution in [0.3, 0.4) is 0 Å². The molecule has 0 aliphatic rings. The maximum absolute atomic E-state index is 12.0. The van der Waals surface area contributed by atoms with Gasteiger partial charge in [0.1, 0.15) is 0 Å². The van der Waals surface area contributed by atoms with Crippen LogP contribution < -0.4 is 5.32 Å². The summed E-state index contributed by atoms with van der Waals surface area (Å²) in [7, 11) is 0. The molecule has 2 heterocycles. The number of pyridine rings is 1. The van der Waals surface area contributed by atoms with Gasteiger partial charge in [0.25, 0.3) is 5.91 Å². The van der Waals surface area contributed by atoms with Crippen LogP contribution in [0.25, 0.3) is 10.1 Å². The molecule has 0 bridgehead atoms. The first-order valence-electron chi connectivity index (χ1n) is 5.51. The van der Waals surface area contributed by atoms with Gasteiger partial charge in [0.2, 0.25) is 0 Å². The Morgan fingerprint density at radius 3 is 3.00 bits per heavy atom. The van der Waals surface area contributed by atoms with Crippen LogP contribution in [0.15, 0.2) is 54.2 Å². The van der Waals surface area contributed by atoms with E-state index in [9.17, 15) is 4.79 Å². The number of carbonyl (C=O) groups excluding carboxylic acids is 1. The summed E-state index contributed by atoms with van der Waals surface area (Å²) in [6.07, 6.45) is 3.30. The number of aromatic nitrogens is 1. The molecule has 18 heavy (non-hydrogen) atoms. The Balaban J connectivity index is 1.87. The third kappa shape index (κ3) is 2.10. The summed E-state index contributed by atoms with van der Waals surface area (Å²) in [4.78, 5) is 16.0. The predicted octanol–water partition coefficient (Wildman–Crippen LogP) is 3.55. The van der Waals surface area contributed by atoms with E-state index in [1.54, 1.807) is 29.8 Å². The molecule has 1 aromatic carbocycles. The molecule has 88 valence electrons. The highest BCUT2D eigenvalue weighted by atomic mass is 32.1. The minimum Gasteiger partial charge on any atom is -0.321 e. The quantitative estimate of drug-likeness (QED) is 0.760. The Kier molecular flexibility index (Phi) is 2.78. The lowest BCUT2D eigenvalue weighted by Crippen LogP contribution is -2.11. The van der Waals surface area contributed by atoms with Gasteiger partial charge < -0.3 is 5.32 Å². The number of anilines is 1. The van der Waals surface area contributed by atoms with Crippen molar-refractivity contribution in [2.24, 2.45) is 0 Å². The number of benzene rings is 1.